The van der Waals surface area contributed by atoms with Crippen LogP contribution in [0.25, 0.3) is 5.69 Å². The Bertz CT molecular complexity index is 1550. The highest BCUT2D eigenvalue weighted by Gasteiger charge is 2.36. The summed E-state index contributed by atoms with van der Waals surface area (Å²) in [5.74, 6) is -2.47. The second-order valence-electron chi connectivity index (χ2n) is 9.13. The summed E-state index contributed by atoms with van der Waals surface area (Å²) in [5.41, 5.74) is 0.459. The maximum atomic E-state index is 14.5. The summed E-state index contributed by atoms with van der Waals surface area (Å²) >= 11 is 0. The van der Waals surface area contributed by atoms with E-state index in [1.807, 2.05) is 19.0 Å². The number of carbonyl (C=O) groups is 3. The molecule has 0 fully saturated rings. The van der Waals surface area contributed by atoms with Crippen molar-refractivity contribution in [1.29, 1.82) is 0 Å². The van der Waals surface area contributed by atoms with Gasteiger partial charge in [-0.1, -0.05) is 24.3 Å². The summed E-state index contributed by atoms with van der Waals surface area (Å²) in [6, 6.07) is 15.6. The van der Waals surface area contributed by atoms with E-state index in [4.69, 9.17) is 0 Å². The second-order valence-corrected chi connectivity index (χ2v) is 9.13. The lowest BCUT2D eigenvalue weighted by Gasteiger charge is -2.18. The predicted molar refractivity (Wildman–Crippen MR) is 134 cm³/mol. The van der Waals surface area contributed by atoms with Crippen molar-refractivity contribution >= 4 is 17.6 Å². The van der Waals surface area contributed by atoms with Crippen LogP contribution in [-0.4, -0.2) is 62.8 Å². The van der Waals surface area contributed by atoms with E-state index in [0.717, 1.165) is 17.0 Å². The number of amides is 2. The lowest BCUT2D eigenvalue weighted by molar-refractivity contribution is 0.0637. The van der Waals surface area contributed by atoms with E-state index >= 15 is 0 Å². The van der Waals surface area contributed by atoms with Gasteiger partial charge >= 0.3 is 0 Å². The summed E-state index contributed by atoms with van der Waals surface area (Å²) in [6.45, 7) is 0.342. The summed E-state index contributed by atoms with van der Waals surface area (Å²) in [4.78, 5) is 42.5. The molecular weight excluding hydrogens is 492 g/mol. The molecule has 1 aromatic heterocycles. The van der Waals surface area contributed by atoms with Crippen LogP contribution in [0.4, 0.5) is 8.78 Å². The van der Waals surface area contributed by atoms with Crippen LogP contribution in [0.1, 0.15) is 48.3 Å². The third-order valence-corrected chi connectivity index (χ3v) is 6.32. The Kier molecular flexibility index (Phi) is 6.64. The number of hydrogen-bond donors (Lipinski definition) is 0. The molecule has 4 aromatic rings. The van der Waals surface area contributed by atoms with Gasteiger partial charge in [-0.2, -0.15) is 0 Å². The van der Waals surface area contributed by atoms with Crippen LogP contribution in [0, 0.1) is 11.6 Å². The molecule has 10 heteroatoms. The zero-order valence-corrected chi connectivity index (χ0v) is 20.7. The number of carbonyl (C=O) groups excluding carboxylic acids is 3. The average molecular weight is 516 g/mol. The van der Waals surface area contributed by atoms with Gasteiger partial charge < -0.3 is 4.90 Å². The smallest absolute Gasteiger partial charge is 0.261 e. The fraction of sp³-hybridized carbons (Fsp3) is 0.179. The Labute approximate surface area is 217 Å². The number of imide groups is 1. The van der Waals surface area contributed by atoms with Gasteiger partial charge in [0, 0.05) is 18.5 Å². The highest BCUT2D eigenvalue weighted by atomic mass is 19.1. The molecule has 38 heavy (non-hydrogen) atoms. The minimum Gasteiger partial charge on any atom is -0.309 e. The number of ketones is 1. The molecule has 0 radical (unpaired) electrons. The van der Waals surface area contributed by atoms with Crippen LogP contribution >= 0.6 is 0 Å². The molecule has 0 atom stereocenters. The van der Waals surface area contributed by atoms with E-state index in [1.54, 1.807) is 28.8 Å². The third kappa shape index (κ3) is 4.50. The monoisotopic (exact) mass is 515 g/mol. The Morgan fingerprint density at radius 3 is 2.13 bits per heavy atom. The Balaban J connectivity index is 1.62. The first-order valence-corrected chi connectivity index (χ1v) is 11.9. The number of aromatic nitrogens is 3. The van der Waals surface area contributed by atoms with Crippen LogP contribution in [-0.2, 0) is 13.0 Å². The highest BCUT2D eigenvalue weighted by Crippen LogP contribution is 2.27. The second kappa shape index (κ2) is 10.1. The number of nitrogens with zero attached hydrogens (tertiary/aromatic N) is 5. The van der Waals surface area contributed by atoms with E-state index in [-0.39, 0.29) is 40.3 Å². The molecule has 0 N–H and O–H groups in total. The molecule has 0 aliphatic carbocycles. The van der Waals surface area contributed by atoms with Crippen molar-refractivity contribution in [2.24, 2.45) is 0 Å². The molecule has 1 aliphatic heterocycles. The van der Waals surface area contributed by atoms with E-state index in [9.17, 15) is 23.2 Å². The first-order chi connectivity index (χ1) is 18.3. The SMILES string of the molecule is CN(C)CCc1nnc(CN2C(=O)c3ccccc3C2=O)n1-c1ccc(F)cc1C(=O)c1ccccc1F. The van der Waals surface area contributed by atoms with E-state index in [0.29, 0.717) is 18.8 Å². The number of halogens is 2. The van der Waals surface area contributed by atoms with Crippen LogP contribution in [0.5, 0.6) is 0 Å². The standard InChI is InChI=1S/C28H23F2N5O3/c1-33(2)14-13-24-31-32-25(16-34-27(37)18-7-3-4-8-19(18)28(34)38)35(24)23-12-11-17(29)15-21(23)26(36)20-9-5-6-10-22(20)30/h3-12,15H,13-14,16H2,1-2H3. The Morgan fingerprint density at radius 1 is 0.842 bits per heavy atom. The van der Waals surface area contributed by atoms with E-state index in [2.05, 4.69) is 10.2 Å². The Morgan fingerprint density at radius 2 is 1.47 bits per heavy atom. The van der Waals surface area contributed by atoms with E-state index in [1.165, 1.54) is 30.3 Å². The molecular formula is C28H23F2N5O3. The van der Waals surface area contributed by atoms with Crippen molar-refractivity contribution in [3.05, 3.63) is 112 Å². The van der Waals surface area contributed by atoms with Gasteiger partial charge in [0.2, 0.25) is 0 Å². The van der Waals surface area contributed by atoms with Crippen molar-refractivity contribution in [2.75, 3.05) is 20.6 Å². The summed E-state index contributed by atoms with van der Waals surface area (Å²) in [7, 11) is 3.76. The van der Waals surface area contributed by atoms with Crippen LogP contribution in [0.15, 0.2) is 66.7 Å². The minimum atomic E-state index is -0.740. The van der Waals surface area contributed by atoms with Crippen molar-refractivity contribution in [3.63, 3.8) is 0 Å². The maximum absolute atomic E-state index is 14.5. The fourth-order valence-corrected chi connectivity index (χ4v) is 4.42. The predicted octanol–water partition coefficient (Wildman–Crippen LogP) is 3.68. The zero-order chi connectivity index (χ0) is 27.0. The minimum absolute atomic E-state index is 0.107. The summed E-state index contributed by atoms with van der Waals surface area (Å²) < 4.78 is 30.5. The van der Waals surface area contributed by atoms with Crippen molar-refractivity contribution in [1.82, 2.24) is 24.6 Å². The molecule has 0 saturated heterocycles. The van der Waals surface area contributed by atoms with Crippen LogP contribution < -0.4 is 0 Å². The first kappa shape index (κ1) is 25.1. The molecule has 0 saturated carbocycles. The van der Waals surface area contributed by atoms with Gasteiger partial charge in [0.25, 0.3) is 11.8 Å². The molecule has 0 bridgehead atoms. The van der Waals surface area contributed by atoms with Crippen LogP contribution in [0.3, 0.4) is 0 Å². The topological polar surface area (TPSA) is 88.4 Å². The van der Waals surface area contributed by atoms with Crippen molar-refractivity contribution in [3.8, 4) is 5.69 Å². The number of fused-ring (bicyclic) bond motifs is 1. The number of likely N-dealkylation sites (N-methyl/N-ethyl adjacent to an activating group) is 1. The quantitative estimate of drug-likeness (QED) is 0.263. The molecule has 0 unspecified atom stereocenters. The zero-order valence-electron chi connectivity index (χ0n) is 20.7. The lowest BCUT2D eigenvalue weighted by atomic mass is 10.0. The molecule has 3 aromatic carbocycles. The Hall–Kier alpha value is -4.57. The van der Waals surface area contributed by atoms with Crippen LogP contribution in [0.2, 0.25) is 0 Å². The van der Waals surface area contributed by atoms with Gasteiger partial charge in [-0.05, 0) is 56.6 Å². The molecule has 8 nitrogen and oxygen atoms in total. The first-order valence-electron chi connectivity index (χ1n) is 11.9. The molecule has 192 valence electrons. The summed E-state index contributed by atoms with van der Waals surface area (Å²) in [6.07, 6.45) is 0.396. The number of hydrogen-bond acceptors (Lipinski definition) is 6. The fourth-order valence-electron chi connectivity index (χ4n) is 4.42. The molecule has 1 aliphatic rings. The van der Waals surface area contributed by atoms with Gasteiger partial charge in [0.1, 0.15) is 17.5 Å². The number of benzene rings is 3. The number of rotatable bonds is 8. The largest absolute Gasteiger partial charge is 0.309 e. The third-order valence-electron chi connectivity index (χ3n) is 6.32. The molecule has 0 spiro atoms. The van der Waals surface area contributed by atoms with Gasteiger partial charge in [-0.15, -0.1) is 10.2 Å². The van der Waals surface area contributed by atoms with Gasteiger partial charge in [-0.25, -0.2) is 8.78 Å². The normalized spacial score (nSPS) is 12.9. The summed E-state index contributed by atoms with van der Waals surface area (Å²) in [5, 5.41) is 8.52. The lowest BCUT2D eigenvalue weighted by Crippen LogP contribution is -2.30. The maximum Gasteiger partial charge on any atom is 0.261 e. The molecule has 2 amide bonds. The van der Waals surface area contributed by atoms with Gasteiger partial charge in [0.15, 0.2) is 11.6 Å². The highest BCUT2D eigenvalue weighted by molar-refractivity contribution is 6.21. The van der Waals surface area contributed by atoms with Gasteiger partial charge in [-0.3, -0.25) is 23.9 Å². The molecule has 5 rings (SSSR count). The van der Waals surface area contributed by atoms with E-state index < -0.39 is 29.2 Å². The molecule has 2 heterocycles. The van der Waals surface area contributed by atoms with Crippen molar-refractivity contribution in [2.45, 2.75) is 13.0 Å². The van der Waals surface area contributed by atoms with Gasteiger partial charge in [0.05, 0.1) is 28.9 Å². The average Bonchev–Trinajstić information content (AvgIpc) is 3.41. The van der Waals surface area contributed by atoms with Crippen molar-refractivity contribution < 1.29 is 23.2 Å².